The third-order valence-corrected chi connectivity index (χ3v) is 4.47. The Morgan fingerprint density at radius 1 is 1.04 bits per heavy atom. The van der Waals surface area contributed by atoms with Crippen LogP contribution in [0.2, 0.25) is 0 Å². The van der Waals surface area contributed by atoms with Gasteiger partial charge in [0.25, 0.3) is 0 Å². The fourth-order valence-electron chi connectivity index (χ4n) is 3.09. The van der Waals surface area contributed by atoms with E-state index in [9.17, 15) is 9.59 Å². The summed E-state index contributed by atoms with van der Waals surface area (Å²) in [5.74, 6) is 0.272. The highest BCUT2D eigenvalue weighted by Crippen LogP contribution is 2.37. The Kier molecular flexibility index (Phi) is 4.74. The van der Waals surface area contributed by atoms with Crippen molar-refractivity contribution in [3.63, 3.8) is 0 Å². The molecule has 3 rings (SSSR count). The third-order valence-electron chi connectivity index (χ3n) is 4.47. The monoisotopic (exact) mass is 339 g/mol. The lowest BCUT2D eigenvalue weighted by Gasteiger charge is -2.19. The van der Waals surface area contributed by atoms with Crippen molar-refractivity contribution < 1.29 is 19.1 Å². The van der Waals surface area contributed by atoms with Gasteiger partial charge in [0.2, 0.25) is 11.8 Å². The molecular weight excluding hydrogens is 318 g/mol. The van der Waals surface area contributed by atoms with E-state index >= 15 is 0 Å². The lowest BCUT2D eigenvalue weighted by atomic mass is 9.97. The third kappa shape index (κ3) is 3.36. The van der Waals surface area contributed by atoms with Gasteiger partial charge in [-0.2, -0.15) is 0 Å². The zero-order valence-electron chi connectivity index (χ0n) is 14.6. The number of carbonyl (C=O) groups excluding carboxylic acids is 2. The maximum atomic E-state index is 12.9. The summed E-state index contributed by atoms with van der Waals surface area (Å²) in [4.78, 5) is 26.6. The van der Waals surface area contributed by atoms with E-state index in [4.69, 9.17) is 9.47 Å². The molecule has 130 valence electrons. The van der Waals surface area contributed by atoms with Crippen molar-refractivity contribution in [2.24, 2.45) is 5.92 Å². The molecule has 1 aliphatic heterocycles. The largest absolute Gasteiger partial charge is 0.497 e. The number of benzene rings is 2. The molecule has 25 heavy (non-hydrogen) atoms. The zero-order chi connectivity index (χ0) is 18.0. The van der Waals surface area contributed by atoms with Gasteiger partial charge in [-0.25, -0.2) is 4.90 Å². The van der Waals surface area contributed by atoms with Crippen molar-refractivity contribution >= 4 is 17.5 Å². The minimum atomic E-state index is -0.355. The van der Waals surface area contributed by atoms with Gasteiger partial charge in [0.15, 0.2) is 0 Å². The van der Waals surface area contributed by atoms with Gasteiger partial charge in [-0.3, -0.25) is 9.59 Å². The number of ether oxygens (including phenoxy) is 2. The summed E-state index contributed by atoms with van der Waals surface area (Å²) in [6, 6.07) is 13.1. The van der Waals surface area contributed by atoms with Crippen LogP contribution in [0.15, 0.2) is 42.5 Å². The number of imide groups is 1. The smallest absolute Gasteiger partial charge is 0.237 e. The van der Waals surface area contributed by atoms with E-state index in [1.54, 1.807) is 25.3 Å². The molecule has 0 saturated carbocycles. The van der Waals surface area contributed by atoms with Crippen molar-refractivity contribution in [1.82, 2.24) is 0 Å². The first-order valence-electron chi connectivity index (χ1n) is 8.18. The maximum absolute atomic E-state index is 12.9. The molecule has 0 radical (unpaired) electrons. The Morgan fingerprint density at radius 3 is 2.40 bits per heavy atom. The minimum absolute atomic E-state index is 0.197. The highest BCUT2D eigenvalue weighted by Gasteiger charge is 2.40. The second-order valence-corrected chi connectivity index (χ2v) is 6.20. The molecule has 5 heteroatoms. The molecule has 2 aromatic rings. The summed E-state index contributed by atoms with van der Waals surface area (Å²) >= 11 is 0. The standard InChI is InChI=1S/C20H21NO4/c1-13-4-6-14(7-5-13)10-15-11-19(22)21(20(15)23)17-12-16(24-2)8-9-18(17)25-3/h4-9,12,15H,10-11H2,1-3H3. The van der Waals surface area contributed by atoms with Gasteiger partial charge in [-0.15, -0.1) is 0 Å². The molecule has 0 aromatic heterocycles. The van der Waals surface area contributed by atoms with E-state index < -0.39 is 0 Å². The molecule has 2 amide bonds. The van der Waals surface area contributed by atoms with Crippen molar-refractivity contribution in [2.75, 3.05) is 19.1 Å². The van der Waals surface area contributed by atoms with Crippen LogP contribution in [0.3, 0.4) is 0 Å². The van der Waals surface area contributed by atoms with E-state index in [0.29, 0.717) is 23.6 Å². The number of aryl methyl sites for hydroxylation is 1. The quantitative estimate of drug-likeness (QED) is 0.786. The lowest BCUT2D eigenvalue weighted by Crippen LogP contribution is -2.31. The van der Waals surface area contributed by atoms with Crippen LogP contribution in [0, 0.1) is 12.8 Å². The Hall–Kier alpha value is -2.82. The summed E-state index contributed by atoms with van der Waals surface area (Å²) in [6.45, 7) is 2.02. The number of hydrogen-bond donors (Lipinski definition) is 0. The second-order valence-electron chi connectivity index (χ2n) is 6.20. The summed E-state index contributed by atoms with van der Waals surface area (Å²) in [5, 5.41) is 0. The highest BCUT2D eigenvalue weighted by molar-refractivity contribution is 6.21. The predicted octanol–water partition coefficient (Wildman–Crippen LogP) is 3.13. The van der Waals surface area contributed by atoms with Gasteiger partial charge in [-0.05, 0) is 31.0 Å². The van der Waals surface area contributed by atoms with Crippen molar-refractivity contribution in [3.05, 3.63) is 53.6 Å². The number of nitrogens with zero attached hydrogens (tertiary/aromatic N) is 1. The highest BCUT2D eigenvalue weighted by atomic mass is 16.5. The summed E-state index contributed by atoms with van der Waals surface area (Å²) < 4.78 is 10.5. The number of hydrogen-bond acceptors (Lipinski definition) is 4. The van der Waals surface area contributed by atoms with E-state index in [1.165, 1.54) is 17.6 Å². The molecule has 1 aliphatic rings. The minimum Gasteiger partial charge on any atom is -0.497 e. The van der Waals surface area contributed by atoms with Gasteiger partial charge in [0, 0.05) is 12.5 Å². The lowest BCUT2D eigenvalue weighted by molar-refractivity contribution is -0.122. The molecule has 1 fully saturated rings. The Labute approximate surface area is 147 Å². The van der Waals surface area contributed by atoms with E-state index in [-0.39, 0.29) is 24.2 Å². The predicted molar refractivity (Wildman–Crippen MR) is 95.0 cm³/mol. The van der Waals surface area contributed by atoms with Gasteiger partial charge in [-0.1, -0.05) is 29.8 Å². The fourth-order valence-corrected chi connectivity index (χ4v) is 3.09. The van der Waals surface area contributed by atoms with Crippen LogP contribution in [0.25, 0.3) is 0 Å². The maximum Gasteiger partial charge on any atom is 0.237 e. The van der Waals surface area contributed by atoms with Crippen LogP contribution in [0.4, 0.5) is 5.69 Å². The average Bonchev–Trinajstić information content (AvgIpc) is 2.89. The molecule has 0 aliphatic carbocycles. The Bertz CT molecular complexity index is 798. The second kappa shape index (κ2) is 6.97. The van der Waals surface area contributed by atoms with Crippen LogP contribution in [0.5, 0.6) is 11.5 Å². The molecule has 2 aromatic carbocycles. The summed E-state index contributed by atoms with van der Waals surface area (Å²) in [6.07, 6.45) is 0.751. The molecule has 1 unspecified atom stereocenters. The Balaban J connectivity index is 1.87. The number of methoxy groups -OCH3 is 2. The SMILES string of the molecule is COc1ccc(OC)c(N2C(=O)CC(Cc3ccc(C)cc3)C2=O)c1. The first kappa shape index (κ1) is 17.0. The molecule has 0 spiro atoms. The number of rotatable bonds is 5. The number of anilines is 1. The van der Waals surface area contributed by atoms with E-state index in [2.05, 4.69) is 0 Å². The van der Waals surface area contributed by atoms with E-state index in [0.717, 1.165) is 5.56 Å². The zero-order valence-corrected chi connectivity index (χ0v) is 14.6. The molecule has 0 N–H and O–H groups in total. The van der Waals surface area contributed by atoms with Crippen LogP contribution >= 0.6 is 0 Å². The molecule has 1 heterocycles. The molecule has 1 saturated heterocycles. The van der Waals surface area contributed by atoms with Crippen LogP contribution in [-0.2, 0) is 16.0 Å². The van der Waals surface area contributed by atoms with Crippen molar-refractivity contribution in [2.45, 2.75) is 19.8 Å². The first-order chi connectivity index (χ1) is 12.0. The van der Waals surface area contributed by atoms with Crippen LogP contribution in [0.1, 0.15) is 17.5 Å². The molecular formula is C20H21NO4. The normalized spacial score (nSPS) is 17.1. The first-order valence-corrected chi connectivity index (χ1v) is 8.18. The number of amides is 2. The summed E-state index contributed by atoms with van der Waals surface area (Å²) in [5.41, 5.74) is 2.65. The van der Waals surface area contributed by atoms with Gasteiger partial charge in [0.1, 0.15) is 11.5 Å². The number of carbonyl (C=O) groups is 2. The Morgan fingerprint density at radius 2 is 1.76 bits per heavy atom. The molecule has 5 nitrogen and oxygen atoms in total. The molecule has 0 bridgehead atoms. The van der Waals surface area contributed by atoms with Gasteiger partial charge < -0.3 is 9.47 Å². The van der Waals surface area contributed by atoms with Crippen LogP contribution < -0.4 is 14.4 Å². The van der Waals surface area contributed by atoms with Gasteiger partial charge >= 0.3 is 0 Å². The average molecular weight is 339 g/mol. The summed E-state index contributed by atoms with van der Waals surface area (Å²) in [7, 11) is 3.06. The van der Waals surface area contributed by atoms with E-state index in [1.807, 2.05) is 31.2 Å². The van der Waals surface area contributed by atoms with Gasteiger partial charge in [0.05, 0.1) is 25.8 Å². The molecule has 1 atom stereocenters. The topological polar surface area (TPSA) is 55.8 Å². The van der Waals surface area contributed by atoms with Crippen LogP contribution in [-0.4, -0.2) is 26.0 Å². The van der Waals surface area contributed by atoms with Crippen molar-refractivity contribution in [3.8, 4) is 11.5 Å². The fraction of sp³-hybridized carbons (Fsp3) is 0.300. The van der Waals surface area contributed by atoms with Crippen molar-refractivity contribution in [1.29, 1.82) is 0 Å².